The molecule has 1 aliphatic rings. The lowest BCUT2D eigenvalue weighted by Gasteiger charge is -2.14. The average Bonchev–Trinajstić information content (AvgIpc) is 3.22. The van der Waals surface area contributed by atoms with E-state index in [0.717, 1.165) is 10.5 Å². The summed E-state index contributed by atoms with van der Waals surface area (Å²) in [6.07, 6.45) is 5.93. The van der Waals surface area contributed by atoms with Gasteiger partial charge in [-0.3, -0.25) is 8.97 Å². The molecule has 0 saturated carbocycles. The molecule has 0 amide bonds. The van der Waals surface area contributed by atoms with Gasteiger partial charge >= 0.3 is 0 Å². The molecule has 2 N–H and O–H groups in total. The lowest BCUT2D eigenvalue weighted by atomic mass is 10.2. The average molecular weight is 321 g/mol. The molecule has 3 unspecified atom stereocenters. The molecule has 4 heterocycles. The number of imidazole rings is 2. The summed E-state index contributed by atoms with van der Waals surface area (Å²) in [6.45, 7) is -0.210. The molecular weight excluding hydrogens is 306 g/mol. The van der Waals surface area contributed by atoms with Crippen LogP contribution in [0.15, 0.2) is 23.7 Å². The van der Waals surface area contributed by atoms with Crippen molar-refractivity contribution in [3.63, 3.8) is 0 Å². The molecule has 4 rings (SSSR count). The fourth-order valence-corrected chi connectivity index (χ4v) is 3.49. The third-order valence-electron chi connectivity index (χ3n) is 3.90. The van der Waals surface area contributed by atoms with Crippen LogP contribution in [0.3, 0.4) is 0 Å². The van der Waals surface area contributed by atoms with E-state index in [-0.39, 0.29) is 6.61 Å². The van der Waals surface area contributed by atoms with Gasteiger partial charge in [0.15, 0.2) is 5.65 Å². The first-order chi connectivity index (χ1) is 10.7. The van der Waals surface area contributed by atoms with Gasteiger partial charge in [-0.05, 0) is 6.26 Å². The van der Waals surface area contributed by atoms with E-state index in [1.165, 1.54) is 0 Å². The van der Waals surface area contributed by atoms with Crippen LogP contribution in [0, 0.1) is 0 Å². The molecule has 0 radical (unpaired) electrons. The van der Waals surface area contributed by atoms with Gasteiger partial charge in [-0.2, -0.15) is 4.98 Å². The highest BCUT2D eigenvalue weighted by Gasteiger charge is 2.35. The maximum Gasteiger partial charge on any atom is 0.236 e. The minimum atomic E-state index is -0.692. The van der Waals surface area contributed by atoms with Crippen molar-refractivity contribution < 1.29 is 14.9 Å². The van der Waals surface area contributed by atoms with E-state index in [4.69, 9.17) is 4.74 Å². The quantitative estimate of drug-likeness (QED) is 0.533. The molecule has 3 aromatic heterocycles. The first kappa shape index (κ1) is 13.9. The molecule has 3 atom stereocenters. The van der Waals surface area contributed by atoms with Crippen molar-refractivity contribution in [2.75, 3.05) is 12.9 Å². The maximum atomic E-state index is 9.91. The number of fused-ring (bicyclic) bond motifs is 2. The largest absolute Gasteiger partial charge is 0.394 e. The van der Waals surface area contributed by atoms with Crippen LogP contribution in [0.25, 0.3) is 16.9 Å². The predicted molar refractivity (Wildman–Crippen MR) is 79.7 cm³/mol. The zero-order valence-corrected chi connectivity index (χ0v) is 12.6. The van der Waals surface area contributed by atoms with Crippen LogP contribution < -0.4 is 0 Å². The topological polar surface area (TPSA) is 97.7 Å². The third-order valence-corrected chi connectivity index (χ3v) is 4.68. The van der Waals surface area contributed by atoms with Gasteiger partial charge in [-0.1, -0.05) is 0 Å². The van der Waals surface area contributed by atoms with E-state index in [9.17, 15) is 10.2 Å². The molecule has 8 nitrogen and oxygen atoms in total. The van der Waals surface area contributed by atoms with Gasteiger partial charge in [0, 0.05) is 18.8 Å². The minimum Gasteiger partial charge on any atom is -0.394 e. The molecule has 1 aliphatic heterocycles. The highest BCUT2D eigenvalue weighted by molar-refractivity contribution is 7.98. The second-order valence-electron chi connectivity index (χ2n) is 5.16. The van der Waals surface area contributed by atoms with E-state index in [1.54, 1.807) is 28.9 Å². The molecule has 0 bridgehead atoms. The molecule has 0 spiro atoms. The number of rotatable bonds is 3. The lowest BCUT2D eigenvalue weighted by molar-refractivity contribution is -0.0432. The van der Waals surface area contributed by atoms with E-state index < -0.39 is 18.4 Å². The Kier molecular flexibility index (Phi) is 3.30. The SMILES string of the molecule is CSc1c2ncn(C3CC(O)C(CO)O3)c2nc2nccn12. The molecule has 0 aliphatic carbocycles. The van der Waals surface area contributed by atoms with E-state index in [1.807, 2.05) is 16.9 Å². The van der Waals surface area contributed by atoms with Crippen molar-refractivity contribution in [3.05, 3.63) is 18.7 Å². The Morgan fingerprint density at radius 2 is 2.32 bits per heavy atom. The Morgan fingerprint density at radius 3 is 3.05 bits per heavy atom. The second-order valence-corrected chi connectivity index (χ2v) is 5.95. The number of ether oxygens (including phenoxy) is 1. The third kappa shape index (κ3) is 1.93. The summed E-state index contributed by atoms with van der Waals surface area (Å²) >= 11 is 1.57. The number of thioether (sulfide) groups is 1. The molecule has 1 saturated heterocycles. The summed E-state index contributed by atoms with van der Waals surface area (Å²) in [7, 11) is 0. The van der Waals surface area contributed by atoms with Crippen LogP contribution in [0.2, 0.25) is 0 Å². The van der Waals surface area contributed by atoms with Gasteiger partial charge in [0.05, 0.1) is 19.0 Å². The van der Waals surface area contributed by atoms with Crippen LogP contribution >= 0.6 is 11.8 Å². The number of aliphatic hydroxyl groups is 2. The van der Waals surface area contributed by atoms with Crippen molar-refractivity contribution in [3.8, 4) is 0 Å². The second kappa shape index (κ2) is 5.20. The molecule has 1 fully saturated rings. The Balaban J connectivity index is 1.86. The van der Waals surface area contributed by atoms with Crippen molar-refractivity contribution in [2.24, 2.45) is 0 Å². The van der Waals surface area contributed by atoms with Gasteiger partial charge in [0.1, 0.15) is 22.9 Å². The van der Waals surface area contributed by atoms with Gasteiger partial charge < -0.3 is 14.9 Å². The van der Waals surface area contributed by atoms with Crippen molar-refractivity contribution >= 4 is 28.7 Å². The van der Waals surface area contributed by atoms with Crippen LogP contribution in [-0.2, 0) is 4.74 Å². The Morgan fingerprint density at radius 1 is 1.45 bits per heavy atom. The van der Waals surface area contributed by atoms with Crippen molar-refractivity contribution in [2.45, 2.75) is 29.9 Å². The highest BCUT2D eigenvalue weighted by Crippen LogP contribution is 2.32. The minimum absolute atomic E-state index is 0.210. The fraction of sp³-hybridized carbons (Fsp3) is 0.462. The van der Waals surface area contributed by atoms with E-state index >= 15 is 0 Å². The summed E-state index contributed by atoms with van der Waals surface area (Å²) in [5.74, 6) is 0.593. The number of aliphatic hydroxyl groups excluding tert-OH is 2. The standard InChI is InChI=1S/C13H15N5O3S/c1-22-12-10-11(16-13-14-2-3-17(12)13)18(6-15-10)9-4-7(20)8(5-19)21-9/h2-3,6-9,19-20H,4-5H2,1H3. The molecule has 9 heteroatoms. The van der Waals surface area contributed by atoms with Gasteiger partial charge in [-0.15, -0.1) is 11.8 Å². The molecular formula is C13H15N5O3S. The van der Waals surface area contributed by atoms with Crippen LogP contribution in [-0.4, -0.2) is 59.2 Å². The van der Waals surface area contributed by atoms with Crippen molar-refractivity contribution in [1.82, 2.24) is 23.9 Å². The Bertz CT molecular complexity index is 832. The smallest absolute Gasteiger partial charge is 0.236 e. The van der Waals surface area contributed by atoms with E-state index in [2.05, 4.69) is 15.0 Å². The number of hydrogen-bond acceptors (Lipinski definition) is 7. The zero-order chi connectivity index (χ0) is 15.3. The maximum absolute atomic E-state index is 9.91. The zero-order valence-electron chi connectivity index (χ0n) is 11.8. The molecule has 116 valence electrons. The van der Waals surface area contributed by atoms with Gasteiger partial charge in [0.2, 0.25) is 5.78 Å². The molecule has 22 heavy (non-hydrogen) atoms. The first-order valence-electron chi connectivity index (χ1n) is 6.91. The van der Waals surface area contributed by atoms with Gasteiger partial charge in [0.25, 0.3) is 0 Å². The van der Waals surface area contributed by atoms with Crippen molar-refractivity contribution in [1.29, 1.82) is 0 Å². The first-order valence-corrected chi connectivity index (χ1v) is 8.13. The predicted octanol–water partition coefficient (Wildman–Crippen LogP) is 0.442. The van der Waals surface area contributed by atoms with E-state index in [0.29, 0.717) is 17.8 Å². The lowest BCUT2D eigenvalue weighted by Crippen LogP contribution is -2.24. The normalized spacial score (nSPS) is 25.5. The molecule has 3 aromatic rings. The molecule has 0 aromatic carbocycles. The number of hydrogen-bond donors (Lipinski definition) is 2. The Hall–Kier alpha value is -1.68. The van der Waals surface area contributed by atoms with Crippen LogP contribution in [0.4, 0.5) is 0 Å². The summed E-state index contributed by atoms with van der Waals surface area (Å²) in [6, 6.07) is 0. The Labute approximate surface area is 129 Å². The van der Waals surface area contributed by atoms with Crippen LogP contribution in [0.1, 0.15) is 12.6 Å². The summed E-state index contributed by atoms with van der Waals surface area (Å²) in [5.41, 5.74) is 1.43. The summed E-state index contributed by atoms with van der Waals surface area (Å²) < 4.78 is 9.38. The number of nitrogens with zero attached hydrogens (tertiary/aromatic N) is 5. The monoisotopic (exact) mass is 321 g/mol. The summed E-state index contributed by atoms with van der Waals surface area (Å²) in [5, 5.41) is 20.1. The number of aromatic nitrogens is 5. The fourth-order valence-electron chi connectivity index (χ4n) is 2.82. The highest BCUT2D eigenvalue weighted by atomic mass is 32.2. The van der Waals surface area contributed by atoms with Gasteiger partial charge in [-0.25, -0.2) is 9.97 Å². The van der Waals surface area contributed by atoms with Crippen LogP contribution in [0.5, 0.6) is 0 Å². The summed E-state index contributed by atoms with van der Waals surface area (Å²) in [4.78, 5) is 13.2.